The molecule has 1 saturated heterocycles. The van der Waals surface area contributed by atoms with Crippen molar-refractivity contribution in [2.45, 2.75) is 150 Å². The lowest BCUT2D eigenvalue weighted by molar-refractivity contribution is -0.510. The highest BCUT2D eigenvalue weighted by molar-refractivity contribution is 7.55. The van der Waals surface area contributed by atoms with E-state index in [1.54, 1.807) is 13.8 Å². The Balaban J connectivity index is 2.79. The number of amides is 1. The molecule has 9 atom stereocenters. The predicted molar refractivity (Wildman–Crippen MR) is 232 cm³/mol. The van der Waals surface area contributed by atoms with Gasteiger partial charge in [0, 0.05) is 81.3 Å². The van der Waals surface area contributed by atoms with Crippen LogP contribution in [0.3, 0.4) is 0 Å². The lowest BCUT2D eigenvalue weighted by atomic mass is 9.97. The van der Waals surface area contributed by atoms with Gasteiger partial charge in [0.2, 0.25) is 6.10 Å². The molecule has 0 spiro atoms. The molecule has 0 unspecified atom stereocenters. The van der Waals surface area contributed by atoms with Crippen molar-refractivity contribution >= 4 is 67.5 Å². The average Bonchev–Trinajstić information content (AvgIpc) is 3.23. The van der Waals surface area contributed by atoms with E-state index in [2.05, 4.69) is 5.32 Å². The van der Waals surface area contributed by atoms with Crippen LogP contribution in [0.15, 0.2) is 24.3 Å². The third-order valence-electron chi connectivity index (χ3n) is 9.37. The van der Waals surface area contributed by atoms with Gasteiger partial charge in [-0.1, -0.05) is 12.1 Å². The lowest BCUT2D eigenvalue weighted by Gasteiger charge is -2.46. The summed E-state index contributed by atoms with van der Waals surface area (Å²) in [6.45, 7) is 11.8. The fraction of sp³-hybridized carbons (Fsp3) is 0.628. The van der Waals surface area contributed by atoms with Crippen molar-refractivity contribution in [1.29, 1.82) is 0 Å². The molecule has 0 bridgehead atoms. The minimum Gasteiger partial charge on any atom is -0.623 e. The Morgan fingerprint density at radius 1 is 0.696 bits per heavy atom. The molecular formula is C43H61N2O23P. The number of rotatable bonds is 25. The first kappa shape index (κ1) is 59.1. The summed E-state index contributed by atoms with van der Waals surface area (Å²) in [5.74, 6) is -9.27. The minimum absolute atomic E-state index is 0.0199. The fourth-order valence-corrected chi connectivity index (χ4v) is 8.18. The van der Waals surface area contributed by atoms with Crippen molar-refractivity contribution in [3.05, 3.63) is 40.6 Å². The molecule has 386 valence electrons. The predicted octanol–water partition coefficient (Wildman–Crippen LogP) is 2.06. The summed E-state index contributed by atoms with van der Waals surface area (Å²) < 4.78 is 80.1. The third kappa shape index (κ3) is 18.4. The van der Waals surface area contributed by atoms with Crippen LogP contribution in [0.5, 0.6) is 0 Å². The summed E-state index contributed by atoms with van der Waals surface area (Å²) in [6.07, 6.45) is -16.4. The van der Waals surface area contributed by atoms with Gasteiger partial charge in [-0.3, -0.25) is 47.7 Å². The van der Waals surface area contributed by atoms with Gasteiger partial charge in [0.25, 0.3) is 11.2 Å². The van der Waals surface area contributed by atoms with Crippen LogP contribution < -0.4 is 5.32 Å². The van der Waals surface area contributed by atoms with Crippen LogP contribution in [-0.4, -0.2) is 151 Å². The first-order chi connectivity index (χ1) is 32.1. The molecule has 69 heavy (non-hydrogen) atoms. The molecule has 1 N–H and O–H groups in total. The van der Waals surface area contributed by atoms with Gasteiger partial charge in [-0.05, 0) is 31.5 Å². The molecule has 1 fully saturated rings. The van der Waals surface area contributed by atoms with Crippen molar-refractivity contribution < 1.29 is 109 Å². The number of esters is 8. The molecule has 1 aromatic carbocycles. The van der Waals surface area contributed by atoms with E-state index in [-0.39, 0.29) is 19.8 Å². The summed E-state index contributed by atoms with van der Waals surface area (Å²) in [5.41, 5.74) is 0.738. The highest BCUT2D eigenvalue weighted by atomic mass is 31.2. The summed E-state index contributed by atoms with van der Waals surface area (Å²) >= 11 is 0. The van der Waals surface area contributed by atoms with Gasteiger partial charge >= 0.3 is 55.4 Å². The van der Waals surface area contributed by atoms with Crippen LogP contribution in [0.4, 0.5) is 0 Å². The second-order valence-corrected chi connectivity index (χ2v) is 18.1. The highest BCUT2D eigenvalue weighted by Gasteiger charge is 2.56. The van der Waals surface area contributed by atoms with Gasteiger partial charge in [0.1, 0.15) is 25.4 Å². The molecule has 0 aromatic heterocycles. The zero-order valence-electron chi connectivity index (χ0n) is 40.4. The number of nitrogens with one attached hydrogen (secondary N) is 1. The first-order valence-corrected chi connectivity index (χ1v) is 22.9. The maximum Gasteiger partial charge on any atom is 0.401 e. The van der Waals surface area contributed by atoms with Gasteiger partial charge < -0.3 is 66.9 Å². The number of hydrogen-bond donors (Lipinski definition) is 1. The summed E-state index contributed by atoms with van der Waals surface area (Å²) in [6, 6.07) is 6.01. The van der Waals surface area contributed by atoms with E-state index < -0.39 is 135 Å². The molecule has 26 heteroatoms. The summed E-state index contributed by atoms with van der Waals surface area (Å²) in [7, 11) is -3.92. The summed E-state index contributed by atoms with van der Waals surface area (Å²) in [5, 5.41) is 14.2. The first-order valence-electron chi connectivity index (χ1n) is 21.3. The Bertz CT molecular complexity index is 2060. The third-order valence-corrected chi connectivity index (χ3v) is 12.1. The second-order valence-electron chi connectivity index (χ2n) is 15.5. The second kappa shape index (κ2) is 27.2. The zero-order chi connectivity index (χ0) is 52.4. The molecule has 1 heterocycles. The number of nitrogens with zero attached hydrogens (tertiary/aromatic N) is 1. The molecule has 1 aliphatic heterocycles. The monoisotopic (exact) mass is 1000 g/mol. The van der Waals surface area contributed by atoms with Crippen LogP contribution in [0.25, 0.3) is 0 Å². The van der Waals surface area contributed by atoms with Crippen LogP contribution in [-0.2, 0) is 111 Å². The maximum atomic E-state index is 14.2. The Hall–Kier alpha value is -6.01. The summed E-state index contributed by atoms with van der Waals surface area (Å²) in [4.78, 5) is 114. The van der Waals surface area contributed by atoms with E-state index >= 15 is 0 Å². The molecule has 1 aliphatic rings. The van der Waals surface area contributed by atoms with E-state index in [1.807, 2.05) is 0 Å². The molecule has 25 nitrogen and oxygen atoms in total. The number of ether oxygens (including phenoxy) is 10. The quantitative estimate of drug-likeness (QED) is 0.0279. The Kier molecular flexibility index (Phi) is 23.3. The topological polar surface area (TPSA) is 320 Å². The van der Waals surface area contributed by atoms with E-state index in [0.29, 0.717) is 15.9 Å². The van der Waals surface area contributed by atoms with Crippen molar-refractivity contribution in [3.63, 3.8) is 0 Å². The van der Waals surface area contributed by atoms with Crippen LogP contribution >= 0.6 is 7.60 Å². The molecule has 2 rings (SSSR count). The van der Waals surface area contributed by atoms with Crippen molar-refractivity contribution in [1.82, 2.24) is 5.32 Å². The van der Waals surface area contributed by atoms with E-state index in [1.165, 1.54) is 38.1 Å². The zero-order valence-corrected chi connectivity index (χ0v) is 41.3. The standard InChI is InChI=1S/C43H61N2O23P/c1-13-59-69(56,60-14-2)43(11,12)45(55)20-32-17-15-31(16-18-32)19-44-41(54)39(65-29(9)52)37(63-27(7)50)36(33(61-25(5)48)21-57-23(3)46)68-42-40(66-30(10)53)38(64-28(8)51)35(62-26(6)49)34(67-42)22-58-24(4)47/h15-18,20,33-40,42H,13-14,19,21-22H2,1-12H3,(H,44,54)/b45-20-/t33-,34-,35+,36-,37+,38+,39-,40-,42+/m1/s1. The van der Waals surface area contributed by atoms with Gasteiger partial charge in [-0.2, -0.15) is 4.74 Å². The van der Waals surface area contributed by atoms with Crippen molar-refractivity contribution in [3.8, 4) is 0 Å². The van der Waals surface area contributed by atoms with Crippen LogP contribution in [0, 0.1) is 5.21 Å². The maximum absolute atomic E-state index is 14.2. The molecule has 0 saturated carbocycles. The fourth-order valence-electron chi connectivity index (χ4n) is 6.50. The number of hydroxylamine groups is 1. The van der Waals surface area contributed by atoms with Crippen LogP contribution in [0.1, 0.15) is 94.2 Å². The number of benzene rings is 1. The molecule has 1 amide bonds. The van der Waals surface area contributed by atoms with Crippen LogP contribution in [0.2, 0.25) is 0 Å². The Morgan fingerprint density at radius 3 is 1.68 bits per heavy atom. The number of carbonyl (C=O) groups excluding carboxylic acids is 9. The number of carbonyl (C=O) groups is 9. The Labute approximate surface area is 398 Å². The van der Waals surface area contributed by atoms with Crippen molar-refractivity contribution in [2.75, 3.05) is 26.4 Å². The molecule has 1 aromatic rings. The van der Waals surface area contributed by atoms with E-state index in [4.69, 9.17) is 56.4 Å². The number of hydrogen-bond acceptors (Lipinski definition) is 23. The van der Waals surface area contributed by atoms with Gasteiger partial charge in [0.15, 0.2) is 43.0 Å². The van der Waals surface area contributed by atoms with Gasteiger partial charge in [0.05, 0.1) is 13.2 Å². The average molecular weight is 1000 g/mol. The lowest BCUT2D eigenvalue weighted by Crippen LogP contribution is -2.65. The largest absolute Gasteiger partial charge is 0.623 e. The molecule has 0 radical (unpaired) electrons. The minimum atomic E-state index is -3.92. The Morgan fingerprint density at radius 2 is 1.20 bits per heavy atom. The highest BCUT2D eigenvalue weighted by Crippen LogP contribution is 2.59. The molecule has 0 aliphatic carbocycles. The smallest absolute Gasteiger partial charge is 0.401 e. The van der Waals surface area contributed by atoms with E-state index in [0.717, 1.165) is 61.6 Å². The van der Waals surface area contributed by atoms with Crippen molar-refractivity contribution in [2.24, 2.45) is 0 Å². The molecular weight excluding hydrogens is 943 g/mol. The SMILES string of the molecule is CCOP(=O)(OCC)C(C)(C)/[N+]([O-])=C/c1ccc(CNC(=O)[C@H](OC(C)=O)[C@@H](OC(C)=O)[C@H](O[C@@H]2O[C@H](COC(C)=O)[C@H](OC(C)=O)[C@H](OC(C)=O)[C@H]2OC(C)=O)[C@@H](COC(C)=O)OC(C)=O)cc1. The van der Waals surface area contributed by atoms with Gasteiger partial charge in [-0.15, -0.1) is 0 Å². The van der Waals surface area contributed by atoms with E-state index in [9.17, 15) is 52.9 Å². The normalized spacial score (nSPS) is 20.1. The van der Waals surface area contributed by atoms with Gasteiger partial charge in [-0.25, -0.2) is 0 Å².